The highest BCUT2D eigenvalue weighted by molar-refractivity contribution is 7.03. The predicted molar refractivity (Wildman–Crippen MR) is 47.6 cm³/mol. The molecule has 0 saturated carbocycles. The molecule has 0 radical (unpaired) electrons. The summed E-state index contributed by atoms with van der Waals surface area (Å²) < 4.78 is 4.07. The van der Waals surface area contributed by atoms with E-state index in [0.29, 0.717) is 0 Å². The Morgan fingerprint density at radius 3 is 3.18 bits per heavy atom. The number of nitrogens with zero attached hydrogens (tertiary/aromatic N) is 1. The van der Waals surface area contributed by atoms with Gasteiger partial charge in [0, 0.05) is 23.7 Å². The molecule has 2 rings (SSSR count). The molecule has 0 atom stereocenters. The van der Waals surface area contributed by atoms with Crippen LogP contribution >= 0.6 is 11.5 Å². The van der Waals surface area contributed by atoms with Crippen LogP contribution < -0.4 is 5.32 Å². The molecule has 11 heavy (non-hydrogen) atoms. The highest BCUT2D eigenvalue weighted by Gasteiger charge is 2.05. The minimum Gasteiger partial charge on any atom is -0.312 e. The lowest BCUT2D eigenvalue weighted by molar-refractivity contribution is 0.739. The average Bonchev–Trinajstić information content (AvgIpc) is 2.58. The van der Waals surface area contributed by atoms with Gasteiger partial charge in [-0.3, -0.25) is 0 Å². The predicted octanol–water partition coefficient (Wildman–Crippen LogP) is 1.52. The normalized spacial score (nSPS) is 18.0. The average molecular weight is 166 g/mol. The molecule has 0 fully saturated rings. The zero-order valence-electron chi connectivity index (χ0n) is 6.21. The van der Waals surface area contributed by atoms with Gasteiger partial charge in [0.2, 0.25) is 0 Å². The van der Waals surface area contributed by atoms with E-state index in [1.54, 1.807) is 0 Å². The maximum Gasteiger partial charge on any atom is 0.0482 e. The van der Waals surface area contributed by atoms with E-state index in [2.05, 4.69) is 21.1 Å². The molecule has 0 saturated heterocycles. The Hall–Kier alpha value is -0.670. The zero-order chi connectivity index (χ0) is 7.52. The summed E-state index contributed by atoms with van der Waals surface area (Å²) in [5.41, 5.74) is 2.67. The van der Waals surface area contributed by atoms with Crippen LogP contribution in [0, 0.1) is 0 Å². The Morgan fingerprint density at radius 1 is 1.55 bits per heavy atom. The fraction of sp³-hybridized carbons (Fsp3) is 0.375. The molecule has 1 aromatic rings. The highest BCUT2D eigenvalue weighted by atomic mass is 32.1. The van der Waals surface area contributed by atoms with Gasteiger partial charge in [-0.15, -0.1) is 0 Å². The molecule has 0 aromatic carbocycles. The van der Waals surface area contributed by atoms with Crippen LogP contribution in [-0.4, -0.2) is 17.5 Å². The molecule has 1 aliphatic heterocycles. The number of nitrogens with one attached hydrogen (secondary N) is 1. The first-order valence-corrected chi connectivity index (χ1v) is 4.60. The van der Waals surface area contributed by atoms with Gasteiger partial charge in [0.05, 0.1) is 0 Å². The maximum atomic E-state index is 4.07. The van der Waals surface area contributed by atoms with Crippen LogP contribution in [0.25, 0.3) is 5.57 Å². The van der Waals surface area contributed by atoms with Gasteiger partial charge in [-0.25, -0.2) is 4.37 Å². The third-order valence-corrected chi connectivity index (χ3v) is 2.42. The summed E-state index contributed by atoms with van der Waals surface area (Å²) in [6, 6.07) is 0. The molecule has 0 amide bonds. The summed E-state index contributed by atoms with van der Waals surface area (Å²) in [6.07, 6.45) is 5.37. The largest absolute Gasteiger partial charge is 0.312 e. The number of rotatable bonds is 1. The fourth-order valence-electron chi connectivity index (χ4n) is 1.23. The van der Waals surface area contributed by atoms with Crippen LogP contribution in [0.3, 0.4) is 0 Å². The minimum absolute atomic E-state index is 0.998. The second-order valence-electron chi connectivity index (χ2n) is 2.61. The van der Waals surface area contributed by atoms with Gasteiger partial charge < -0.3 is 5.32 Å². The van der Waals surface area contributed by atoms with Gasteiger partial charge in [-0.2, -0.15) is 0 Å². The summed E-state index contributed by atoms with van der Waals surface area (Å²) in [7, 11) is 0. The standard InChI is InChI=1S/C8H10N2S/c1-2-7(4-9-3-1)8-5-10-11-6-8/h2,5-6,9H,1,3-4H2. The monoisotopic (exact) mass is 166 g/mol. The molecule has 2 nitrogen and oxygen atoms in total. The summed E-state index contributed by atoms with van der Waals surface area (Å²) in [4.78, 5) is 0. The van der Waals surface area contributed by atoms with E-state index in [9.17, 15) is 0 Å². The van der Waals surface area contributed by atoms with Crippen LogP contribution in [0.15, 0.2) is 17.7 Å². The lowest BCUT2D eigenvalue weighted by Gasteiger charge is -2.11. The van der Waals surface area contributed by atoms with E-state index < -0.39 is 0 Å². The molecule has 2 heterocycles. The Balaban J connectivity index is 2.22. The van der Waals surface area contributed by atoms with Crippen molar-refractivity contribution in [3.63, 3.8) is 0 Å². The van der Waals surface area contributed by atoms with Gasteiger partial charge in [0.1, 0.15) is 0 Å². The van der Waals surface area contributed by atoms with E-state index in [4.69, 9.17) is 0 Å². The van der Waals surface area contributed by atoms with Crippen molar-refractivity contribution < 1.29 is 0 Å². The molecule has 0 aliphatic carbocycles. The van der Waals surface area contributed by atoms with E-state index in [1.165, 1.54) is 22.7 Å². The lowest BCUT2D eigenvalue weighted by Crippen LogP contribution is -2.21. The van der Waals surface area contributed by atoms with E-state index >= 15 is 0 Å². The van der Waals surface area contributed by atoms with Gasteiger partial charge in [-0.05, 0) is 30.1 Å². The Morgan fingerprint density at radius 2 is 2.55 bits per heavy atom. The van der Waals surface area contributed by atoms with Crippen LogP contribution in [0.4, 0.5) is 0 Å². The number of hydrogen-bond donors (Lipinski definition) is 1. The first-order chi connectivity index (χ1) is 5.47. The third kappa shape index (κ3) is 1.49. The minimum atomic E-state index is 0.998. The van der Waals surface area contributed by atoms with E-state index in [-0.39, 0.29) is 0 Å². The van der Waals surface area contributed by atoms with E-state index in [0.717, 1.165) is 19.5 Å². The van der Waals surface area contributed by atoms with Crippen molar-refractivity contribution in [2.45, 2.75) is 6.42 Å². The zero-order valence-corrected chi connectivity index (χ0v) is 7.03. The third-order valence-electron chi connectivity index (χ3n) is 1.83. The molecule has 1 N–H and O–H groups in total. The summed E-state index contributed by atoms with van der Waals surface area (Å²) in [6.45, 7) is 2.11. The van der Waals surface area contributed by atoms with Gasteiger partial charge in [0.15, 0.2) is 0 Å². The van der Waals surface area contributed by atoms with Gasteiger partial charge >= 0.3 is 0 Å². The SMILES string of the molecule is C1=C(c2cnsc2)CNCC1. The lowest BCUT2D eigenvalue weighted by atomic mass is 10.1. The van der Waals surface area contributed by atoms with Crippen LogP contribution in [0.5, 0.6) is 0 Å². The van der Waals surface area contributed by atoms with Crippen LogP contribution in [-0.2, 0) is 0 Å². The molecule has 1 aromatic heterocycles. The Labute approximate surface area is 70.1 Å². The first kappa shape index (κ1) is 7.00. The second kappa shape index (κ2) is 3.15. The molecular weight excluding hydrogens is 156 g/mol. The van der Waals surface area contributed by atoms with Crippen molar-refractivity contribution in [3.8, 4) is 0 Å². The van der Waals surface area contributed by atoms with Crippen molar-refractivity contribution in [2.24, 2.45) is 0 Å². The highest BCUT2D eigenvalue weighted by Crippen LogP contribution is 2.16. The summed E-state index contributed by atoms with van der Waals surface area (Å²) >= 11 is 1.51. The van der Waals surface area contributed by atoms with Crippen molar-refractivity contribution in [3.05, 3.63) is 23.2 Å². The number of aromatic nitrogens is 1. The molecular formula is C8H10N2S. The van der Waals surface area contributed by atoms with Gasteiger partial charge in [-0.1, -0.05) is 6.08 Å². The topological polar surface area (TPSA) is 24.9 Å². The molecule has 0 bridgehead atoms. The summed E-state index contributed by atoms with van der Waals surface area (Å²) in [5, 5.41) is 5.43. The van der Waals surface area contributed by atoms with E-state index in [1.807, 2.05) is 6.20 Å². The Bertz CT molecular complexity index is 251. The molecule has 58 valence electrons. The van der Waals surface area contributed by atoms with Crippen molar-refractivity contribution >= 4 is 17.1 Å². The van der Waals surface area contributed by atoms with Crippen LogP contribution in [0.2, 0.25) is 0 Å². The number of hydrogen-bond acceptors (Lipinski definition) is 3. The quantitative estimate of drug-likeness (QED) is 0.684. The van der Waals surface area contributed by atoms with Gasteiger partial charge in [0.25, 0.3) is 0 Å². The Kier molecular flexibility index (Phi) is 2.01. The molecule has 0 spiro atoms. The molecule has 0 unspecified atom stereocenters. The second-order valence-corrected chi connectivity index (χ2v) is 3.27. The van der Waals surface area contributed by atoms with Crippen molar-refractivity contribution in [2.75, 3.05) is 13.1 Å². The fourth-order valence-corrected chi connectivity index (χ4v) is 1.79. The summed E-state index contributed by atoms with van der Waals surface area (Å²) in [5.74, 6) is 0. The first-order valence-electron chi connectivity index (χ1n) is 3.76. The molecule has 1 aliphatic rings. The smallest absolute Gasteiger partial charge is 0.0482 e. The van der Waals surface area contributed by atoms with Crippen LogP contribution in [0.1, 0.15) is 12.0 Å². The molecule has 3 heteroatoms. The van der Waals surface area contributed by atoms with Crippen molar-refractivity contribution in [1.82, 2.24) is 9.69 Å². The van der Waals surface area contributed by atoms with Crippen molar-refractivity contribution in [1.29, 1.82) is 0 Å². The maximum absolute atomic E-state index is 4.07.